The summed E-state index contributed by atoms with van der Waals surface area (Å²) in [5, 5.41) is 14.1. The topological polar surface area (TPSA) is 38.0 Å². The largest absolute Gasteiger partial charge is 0.379 e. The zero-order valence-electron chi connectivity index (χ0n) is 20.7. The Kier molecular flexibility index (Phi) is 5.71. The minimum absolute atomic E-state index is 0.594. The Morgan fingerprint density at radius 1 is 0.595 bits per heavy atom. The second-order valence-electron chi connectivity index (χ2n) is 9.57. The average Bonchev–Trinajstić information content (AvgIpc) is 3.47. The Bertz CT molecular complexity index is 1540. The summed E-state index contributed by atoms with van der Waals surface area (Å²) in [6.45, 7) is 1.83. The summed E-state index contributed by atoms with van der Waals surface area (Å²) in [5.74, 6) is 0. The Labute approximate surface area is 217 Å². The van der Waals surface area contributed by atoms with Crippen molar-refractivity contribution in [3.05, 3.63) is 174 Å². The molecule has 0 aliphatic carbocycles. The molecule has 0 saturated heterocycles. The lowest BCUT2D eigenvalue weighted by atomic mass is 9.76. The van der Waals surface area contributed by atoms with Crippen molar-refractivity contribution in [3.8, 4) is 0 Å². The predicted molar refractivity (Wildman–Crippen MR) is 149 cm³/mol. The predicted octanol–water partition coefficient (Wildman–Crippen LogP) is 7.13. The first kappa shape index (κ1) is 23.0. The first-order chi connectivity index (χ1) is 18.1. The zero-order chi connectivity index (χ0) is 25.3. The van der Waals surface area contributed by atoms with Crippen LogP contribution >= 0.6 is 0 Å². The van der Waals surface area contributed by atoms with Crippen molar-refractivity contribution < 1.29 is 5.11 Å². The molecule has 1 heterocycles. The van der Waals surface area contributed by atoms with Crippen molar-refractivity contribution in [2.75, 3.05) is 0 Å². The molecule has 1 atom stereocenters. The van der Waals surface area contributed by atoms with Gasteiger partial charge in [-0.05, 0) is 39.9 Å². The van der Waals surface area contributed by atoms with E-state index in [4.69, 9.17) is 4.98 Å². The van der Waals surface area contributed by atoms with Crippen molar-refractivity contribution in [3.63, 3.8) is 0 Å². The summed E-state index contributed by atoms with van der Waals surface area (Å²) in [5.41, 5.74) is 2.80. The molecule has 3 nitrogen and oxygen atoms in total. The number of rotatable bonds is 6. The zero-order valence-corrected chi connectivity index (χ0v) is 20.7. The van der Waals surface area contributed by atoms with E-state index in [-0.39, 0.29) is 0 Å². The highest BCUT2D eigenvalue weighted by Crippen LogP contribution is 2.42. The Hall–Kier alpha value is -4.47. The van der Waals surface area contributed by atoms with E-state index in [1.165, 1.54) is 0 Å². The molecule has 0 aliphatic heterocycles. The maximum atomic E-state index is 12.0. The average molecular weight is 481 g/mol. The Balaban J connectivity index is 1.60. The second-order valence-corrected chi connectivity index (χ2v) is 9.57. The van der Waals surface area contributed by atoms with Gasteiger partial charge in [0.05, 0.1) is 12.0 Å². The van der Waals surface area contributed by atoms with Crippen LogP contribution in [0.15, 0.2) is 146 Å². The van der Waals surface area contributed by atoms with E-state index >= 15 is 0 Å². The fraction of sp³-hybridized carbons (Fsp3) is 0.0882. The lowest BCUT2D eigenvalue weighted by Gasteiger charge is -2.37. The van der Waals surface area contributed by atoms with Gasteiger partial charge in [-0.3, -0.25) is 0 Å². The minimum atomic E-state index is -1.29. The quantitative estimate of drug-likeness (QED) is 0.258. The van der Waals surface area contributed by atoms with Crippen LogP contribution in [0.5, 0.6) is 0 Å². The van der Waals surface area contributed by atoms with E-state index in [0.717, 1.165) is 33.0 Å². The number of aromatic nitrogens is 2. The molecule has 0 fully saturated rings. The van der Waals surface area contributed by atoms with Gasteiger partial charge < -0.3 is 9.67 Å². The van der Waals surface area contributed by atoms with Crippen LogP contribution in [0.4, 0.5) is 0 Å². The first-order valence-corrected chi connectivity index (χ1v) is 12.5. The third-order valence-electron chi connectivity index (χ3n) is 7.36. The van der Waals surface area contributed by atoms with Gasteiger partial charge in [-0.25, -0.2) is 4.98 Å². The van der Waals surface area contributed by atoms with Gasteiger partial charge in [0.15, 0.2) is 0 Å². The van der Waals surface area contributed by atoms with Gasteiger partial charge >= 0.3 is 0 Å². The molecule has 1 aromatic heterocycles. The Morgan fingerprint density at radius 2 is 1.08 bits per heavy atom. The number of aliphatic hydroxyl groups is 1. The van der Waals surface area contributed by atoms with Crippen LogP contribution in [0.2, 0.25) is 0 Å². The first-order valence-electron chi connectivity index (χ1n) is 12.5. The van der Waals surface area contributed by atoms with Crippen molar-refractivity contribution >= 4 is 10.8 Å². The van der Waals surface area contributed by atoms with Gasteiger partial charge in [-0.1, -0.05) is 133 Å². The minimum Gasteiger partial charge on any atom is -0.379 e. The summed E-state index contributed by atoms with van der Waals surface area (Å²) in [6.07, 6.45) is 3.84. The molecular weight excluding hydrogens is 452 g/mol. The highest BCUT2D eigenvalue weighted by Gasteiger charge is 2.40. The van der Waals surface area contributed by atoms with Crippen molar-refractivity contribution in [2.45, 2.75) is 18.1 Å². The molecule has 0 aliphatic rings. The summed E-state index contributed by atoms with van der Waals surface area (Å²) < 4.78 is 2.14. The molecule has 3 heteroatoms. The lowest BCUT2D eigenvalue weighted by Crippen LogP contribution is -2.37. The normalized spacial score (nSPS) is 13.4. The molecule has 6 rings (SSSR count). The fourth-order valence-electron chi connectivity index (χ4n) is 5.53. The van der Waals surface area contributed by atoms with E-state index in [1.807, 2.05) is 61.9 Å². The van der Waals surface area contributed by atoms with Crippen LogP contribution in [0.3, 0.4) is 0 Å². The summed E-state index contributed by atoms with van der Waals surface area (Å²) in [7, 11) is 0. The van der Waals surface area contributed by atoms with Gasteiger partial charge in [0, 0.05) is 6.20 Å². The van der Waals surface area contributed by atoms with E-state index in [1.54, 1.807) is 0 Å². The third-order valence-corrected chi connectivity index (χ3v) is 7.36. The lowest BCUT2D eigenvalue weighted by molar-refractivity contribution is 0.0993. The maximum absolute atomic E-state index is 12.0. The van der Waals surface area contributed by atoms with Crippen LogP contribution in [0, 0.1) is 0 Å². The van der Waals surface area contributed by atoms with Crippen LogP contribution in [-0.2, 0) is 11.1 Å². The number of imidazole rings is 1. The molecule has 0 bridgehead atoms. The van der Waals surface area contributed by atoms with Gasteiger partial charge in [0.25, 0.3) is 0 Å². The molecule has 1 unspecified atom stereocenters. The Morgan fingerprint density at radius 3 is 1.65 bits per heavy atom. The van der Waals surface area contributed by atoms with E-state index < -0.39 is 11.1 Å². The van der Waals surface area contributed by atoms with Crippen LogP contribution < -0.4 is 0 Å². The van der Waals surface area contributed by atoms with Gasteiger partial charge in [0.2, 0.25) is 0 Å². The van der Waals surface area contributed by atoms with Gasteiger partial charge in [-0.2, -0.15) is 0 Å². The number of fused-ring (bicyclic) bond motifs is 1. The second kappa shape index (κ2) is 9.20. The standard InChI is InChI=1S/C34H28N2O/c1-33(37,31-23-13-15-26-14-11-12-22-30(26)31)32-24-36(25-35-32)34(27-16-5-2-6-17-27,28-18-7-3-8-19-28)29-20-9-4-10-21-29/h2-25,37H,1H3. The molecule has 37 heavy (non-hydrogen) atoms. The third kappa shape index (κ3) is 3.76. The summed E-state index contributed by atoms with van der Waals surface area (Å²) >= 11 is 0. The molecule has 0 saturated carbocycles. The molecule has 5 aromatic carbocycles. The highest BCUT2D eigenvalue weighted by atomic mass is 16.3. The molecule has 180 valence electrons. The monoisotopic (exact) mass is 480 g/mol. The number of hydrogen-bond acceptors (Lipinski definition) is 2. The van der Waals surface area contributed by atoms with Crippen molar-refractivity contribution in [1.82, 2.24) is 9.55 Å². The number of nitrogens with zero attached hydrogens (tertiary/aromatic N) is 2. The molecule has 0 spiro atoms. The van der Waals surface area contributed by atoms with Crippen LogP contribution in [-0.4, -0.2) is 14.7 Å². The van der Waals surface area contributed by atoms with Gasteiger partial charge in [-0.15, -0.1) is 0 Å². The summed E-state index contributed by atoms with van der Waals surface area (Å²) in [6, 6.07) is 45.6. The van der Waals surface area contributed by atoms with Crippen molar-refractivity contribution in [2.24, 2.45) is 0 Å². The highest BCUT2D eigenvalue weighted by molar-refractivity contribution is 5.86. The van der Waals surface area contributed by atoms with E-state index in [9.17, 15) is 5.11 Å². The fourth-order valence-corrected chi connectivity index (χ4v) is 5.53. The molecular formula is C34H28N2O. The molecule has 6 aromatic rings. The SMILES string of the molecule is CC(O)(c1cn(C(c2ccccc2)(c2ccccc2)c2ccccc2)cn1)c1cccc2ccccc12. The number of benzene rings is 5. The van der Waals surface area contributed by atoms with Crippen LogP contribution in [0.25, 0.3) is 10.8 Å². The molecule has 0 radical (unpaired) electrons. The van der Waals surface area contributed by atoms with Crippen LogP contribution in [0.1, 0.15) is 34.9 Å². The van der Waals surface area contributed by atoms with E-state index in [2.05, 4.69) is 95.6 Å². The van der Waals surface area contributed by atoms with Crippen molar-refractivity contribution in [1.29, 1.82) is 0 Å². The number of hydrogen-bond donors (Lipinski definition) is 1. The molecule has 1 N–H and O–H groups in total. The van der Waals surface area contributed by atoms with E-state index in [0.29, 0.717) is 5.69 Å². The smallest absolute Gasteiger partial charge is 0.131 e. The maximum Gasteiger partial charge on any atom is 0.131 e. The molecule has 0 amide bonds. The summed E-state index contributed by atoms with van der Waals surface area (Å²) in [4.78, 5) is 4.83. The van der Waals surface area contributed by atoms with Gasteiger partial charge in [0.1, 0.15) is 11.1 Å².